The van der Waals surface area contributed by atoms with E-state index in [1.807, 2.05) is 13.8 Å². The van der Waals surface area contributed by atoms with Crippen molar-refractivity contribution < 1.29 is 9.84 Å². The molecule has 0 saturated carbocycles. The Morgan fingerprint density at radius 1 is 1.33 bits per heavy atom. The van der Waals surface area contributed by atoms with Crippen LogP contribution in [0.5, 0.6) is 5.75 Å². The Morgan fingerprint density at radius 2 is 1.95 bits per heavy atom. The van der Waals surface area contributed by atoms with E-state index in [-0.39, 0.29) is 6.61 Å². The predicted octanol–water partition coefficient (Wildman–Crippen LogP) is 3.61. The maximum Gasteiger partial charge on any atom is 0.127 e. The van der Waals surface area contributed by atoms with Crippen LogP contribution < -0.4 is 4.74 Å². The van der Waals surface area contributed by atoms with Crippen LogP contribution >= 0.6 is 0 Å². The van der Waals surface area contributed by atoms with Crippen molar-refractivity contribution in [2.75, 3.05) is 20.2 Å². The van der Waals surface area contributed by atoms with Crippen molar-refractivity contribution in [2.45, 2.75) is 46.6 Å². The number of pyridine rings is 1. The van der Waals surface area contributed by atoms with Crippen LogP contribution in [0.15, 0.2) is 30.7 Å². The number of likely N-dealkylation sites (tertiary alicyclic amines) is 1. The lowest BCUT2D eigenvalue weighted by molar-refractivity contribution is 0.273. The van der Waals surface area contributed by atoms with Gasteiger partial charge >= 0.3 is 0 Å². The Balaban J connectivity index is 0.000000342. The molecule has 1 aliphatic rings. The van der Waals surface area contributed by atoms with E-state index in [9.17, 15) is 0 Å². The molecule has 1 fully saturated rings. The van der Waals surface area contributed by atoms with E-state index in [1.165, 1.54) is 38.0 Å². The Kier molecular flexibility index (Phi) is 11.3. The fraction of sp³-hybridized carbons (Fsp3) is 0.588. The van der Waals surface area contributed by atoms with Crippen LogP contribution in [-0.4, -0.2) is 35.2 Å². The molecule has 0 radical (unpaired) electrons. The Hall–Kier alpha value is -1.55. The number of aliphatic hydroxyl groups is 1. The van der Waals surface area contributed by atoms with Gasteiger partial charge in [0.25, 0.3) is 0 Å². The van der Waals surface area contributed by atoms with Crippen molar-refractivity contribution in [2.24, 2.45) is 0 Å². The largest absolute Gasteiger partial charge is 0.496 e. The van der Waals surface area contributed by atoms with Gasteiger partial charge in [-0.3, -0.25) is 4.98 Å². The predicted molar refractivity (Wildman–Crippen MR) is 88.3 cm³/mol. The normalized spacial score (nSPS) is 13.3. The zero-order valence-corrected chi connectivity index (χ0v) is 13.9. The summed E-state index contributed by atoms with van der Waals surface area (Å²) in [7, 11) is 1.56. The number of rotatable bonds is 3. The summed E-state index contributed by atoms with van der Waals surface area (Å²) in [5.41, 5.74) is 1.94. The van der Waals surface area contributed by atoms with Gasteiger partial charge in [0.05, 0.1) is 13.7 Å². The third kappa shape index (κ3) is 7.71. The highest BCUT2D eigenvalue weighted by Gasteiger charge is 2.07. The number of hydrogen-bond donors (Lipinski definition) is 1. The summed E-state index contributed by atoms with van der Waals surface area (Å²) < 4.78 is 4.94. The van der Waals surface area contributed by atoms with E-state index in [4.69, 9.17) is 9.84 Å². The first-order chi connectivity index (χ1) is 10.2. The quantitative estimate of drug-likeness (QED) is 0.925. The molecule has 21 heavy (non-hydrogen) atoms. The maximum absolute atomic E-state index is 8.73. The Morgan fingerprint density at radius 3 is 2.33 bits per heavy atom. The van der Waals surface area contributed by atoms with E-state index in [0.29, 0.717) is 11.3 Å². The fourth-order valence-electron chi connectivity index (χ4n) is 2.01. The van der Waals surface area contributed by atoms with Gasteiger partial charge < -0.3 is 14.7 Å². The highest BCUT2D eigenvalue weighted by molar-refractivity contribution is 5.28. The van der Waals surface area contributed by atoms with Crippen molar-refractivity contribution >= 4 is 0 Å². The van der Waals surface area contributed by atoms with E-state index in [0.717, 1.165) is 0 Å². The number of methoxy groups -OCH3 is 1. The van der Waals surface area contributed by atoms with Gasteiger partial charge in [0.1, 0.15) is 5.75 Å². The molecule has 0 unspecified atom stereocenters. The molecule has 1 N–H and O–H groups in total. The second-order valence-corrected chi connectivity index (χ2v) is 4.63. The van der Waals surface area contributed by atoms with Gasteiger partial charge in [-0.2, -0.15) is 0 Å². The molecule has 2 heterocycles. The van der Waals surface area contributed by atoms with Crippen molar-refractivity contribution in [1.82, 2.24) is 9.88 Å². The van der Waals surface area contributed by atoms with Crippen LogP contribution in [0.4, 0.5) is 0 Å². The molecule has 1 aromatic heterocycles. The summed E-state index contributed by atoms with van der Waals surface area (Å²) in [6, 6.07) is 1.71. The third-order valence-corrected chi connectivity index (χ3v) is 3.14. The van der Waals surface area contributed by atoms with Crippen LogP contribution in [-0.2, 0) is 6.61 Å². The molecule has 0 aliphatic carbocycles. The summed E-state index contributed by atoms with van der Waals surface area (Å²) in [5, 5.41) is 8.73. The highest BCUT2D eigenvalue weighted by atomic mass is 16.5. The molecule has 1 saturated heterocycles. The van der Waals surface area contributed by atoms with Gasteiger partial charge in [-0.05, 0) is 32.3 Å². The maximum atomic E-state index is 8.73. The molecule has 0 spiro atoms. The smallest absolute Gasteiger partial charge is 0.127 e. The number of ether oxygens (including phenoxy) is 1. The van der Waals surface area contributed by atoms with E-state index in [1.54, 1.807) is 25.6 Å². The average molecular weight is 294 g/mol. The Labute approximate surface area is 129 Å². The summed E-state index contributed by atoms with van der Waals surface area (Å²) in [6.07, 6.45) is 7.32. The van der Waals surface area contributed by atoms with Gasteiger partial charge in [0.2, 0.25) is 0 Å². The van der Waals surface area contributed by atoms with Crippen LogP contribution in [0.2, 0.25) is 0 Å². The van der Waals surface area contributed by atoms with E-state index < -0.39 is 0 Å². The molecule has 1 aliphatic heterocycles. The van der Waals surface area contributed by atoms with Crippen molar-refractivity contribution in [1.29, 1.82) is 0 Å². The molecule has 0 amide bonds. The van der Waals surface area contributed by atoms with Crippen LogP contribution in [0, 0.1) is 0 Å². The molecule has 120 valence electrons. The molecule has 1 aromatic rings. The average Bonchev–Trinajstić information content (AvgIpc) is 2.58. The zero-order valence-electron chi connectivity index (χ0n) is 13.9. The summed E-state index contributed by atoms with van der Waals surface area (Å²) in [5.74, 6) is 0.678. The van der Waals surface area contributed by atoms with Gasteiger partial charge in [0.15, 0.2) is 0 Å². The molecular formula is C17H30N2O2. The van der Waals surface area contributed by atoms with Crippen LogP contribution in [0.1, 0.15) is 45.6 Å². The van der Waals surface area contributed by atoms with Crippen LogP contribution in [0.25, 0.3) is 0 Å². The SMILES string of the molecule is C=C(C)N1CCCCC1.CC.COc1ccncc1CO. The number of hydrogen-bond acceptors (Lipinski definition) is 4. The number of aromatic nitrogens is 1. The van der Waals surface area contributed by atoms with Crippen LogP contribution in [0.3, 0.4) is 0 Å². The standard InChI is InChI=1S/C8H15N.C7H9NO2.C2H6/c1-8(2)9-6-4-3-5-7-9;1-10-7-2-3-8-4-6(7)5-9;1-2/h1,3-7H2,2H3;2-4,9H,5H2,1H3;1-2H3. The zero-order chi connectivity index (χ0) is 16.1. The molecule has 0 bridgehead atoms. The lowest BCUT2D eigenvalue weighted by Gasteiger charge is -2.28. The van der Waals surface area contributed by atoms with Crippen molar-refractivity contribution in [3.63, 3.8) is 0 Å². The second-order valence-electron chi connectivity index (χ2n) is 4.63. The molecule has 4 heteroatoms. The monoisotopic (exact) mass is 294 g/mol. The molecule has 0 atom stereocenters. The number of piperidine rings is 1. The van der Waals surface area contributed by atoms with Gasteiger partial charge in [-0.15, -0.1) is 0 Å². The molecular weight excluding hydrogens is 264 g/mol. The number of nitrogens with zero attached hydrogens (tertiary/aromatic N) is 2. The summed E-state index contributed by atoms with van der Waals surface area (Å²) in [4.78, 5) is 6.19. The molecule has 2 rings (SSSR count). The molecule has 4 nitrogen and oxygen atoms in total. The minimum absolute atomic E-state index is 0.0307. The molecule has 0 aromatic carbocycles. The minimum Gasteiger partial charge on any atom is -0.496 e. The van der Waals surface area contributed by atoms with Crippen molar-refractivity contribution in [3.8, 4) is 5.75 Å². The second kappa shape index (κ2) is 12.2. The highest BCUT2D eigenvalue weighted by Crippen LogP contribution is 2.14. The minimum atomic E-state index is -0.0307. The number of allylic oxidation sites excluding steroid dienone is 1. The van der Waals surface area contributed by atoms with E-state index >= 15 is 0 Å². The van der Waals surface area contributed by atoms with Gasteiger partial charge in [-0.1, -0.05) is 20.4 Å². The van der Waals surface area contributed by atoms with Gasteiger partial charge in [-0.25, -0.2) is 0 Å². The summed E-state index contributed by atoms with van der Waals surface area (Å²) in [6.45, 7) is 12.4. The lowest BCUT2D eigenvalue weighted by atomic mass is 10.1. The van der Waals surface area contributed by atoms with Crippen molar-refractivity contribution in [3.05, 3.63) is 36.3 Å². The summed E-state index contributed by atoms with van der Waals surface area (Å²) >= 11 is 0. The lowest BCUT2D eigenvalue weighted by Crippen LogP contribution is -2.27. The first kappa shape index (κ1) is 19.4. The third-order valence-electron chi connectivity index (χ3n) is 3.14. The first-order valence-corrected chi connectivity index (χ1v) is 7.67. The number of aliphatic hydroxyl groups excluding tert-OH is 1. The topological polar surface area (TPSA) is 45.6 Å². The first-order valence-electron chi connectivity index (χ1n) is 7.67. The van der Waals surface area contributed by atoms with Gasteiger partial charge in [0, 0.05) is 36.7 Å². The van der Waals surface area contributed by atoms with E-state index in [2.05, 4.69) is 23.4 Å². The fourth-order valence-corrected chi connectivity index (χ4v) is 2.01. The Bertz CT molecular complexity index is 365.